The Hall–Kier alpha value is -2.25. The van der Waals surface area contributed by atoms with E-state index in [2.05, 4.69) is 17.6 Å². The summed E-state index contributed by atoms with van der Waals surface area (Å²) in [6, 6.07) is 5.84. The summed E-state index contributed by atoms with van der Waals surface area (Å²) in [5, 5.41) is 6.05. The number of likely N-dealkylation sites (N-methyl/N-ethyl adjacent to an activating group) is 1. The third-order valence-electron chi connectivity index (χ3n) is 5.03. The fraction of sp³-hybridized carbons (Fsp3) is 0.522. The van der Waals surface area contributed by atoms with Crippen LogP contribution in [0.3, 0.4) is 0 Å². The third kappa shape index (κ3) is 6.64. The number of methoxy groups -OCH3 is 1. The molecule has 1 amide bonds. The first-order valence-electron chi connectivity index (χ1n) is 10.6. The lowest BCUT2D eigenvalue weighted by Gasteiger charge is -2.30. The van der Waals surface area contributed by atoms with E-state index in [4.69, 9.17) is 17.0 Å². The van der Waals surface area contributed by atoms with E-state index < -0.39 is 0 Å². The summed E-state index contributed by atoms with van der Waals surface area (Å²) < 4.78 is 5.39. The highest BCUT2D eigenvalue weighted by molar-refractivity contribution is 7.80. The number of allylic oxidation sites excluding steroid dienone is 1. The summed E-state index contributed by atoms with van der Waals surface area (Å²) >= 11 is 5.69. The molecule has 0 spiro atoms. The van der Waals surface area contributed by atoms with Crippen LogP contribution in [-0.2, 0) is 16.0 Å². The fourth-order valence-electron chi connectivity index (χ4n) is 3.63. The number of carbonyl (C=O) groups is 2. The van der Waals surface area contributed by atoms with Gasteiger partial charge >= 0.3 is 0 Å². The van der Waals surface area contributed by atoms with Crippen molar-refractivity contribution < 1.29 is 14.3 Å². The Kier molecular flexibility index (Phi) is 9.46. The lowest BCUT2D eigenvalue weighted by atomic mass is 9.96. The van der Waals surface area contributed by atoms with Crippen molar-refractivity contribution >= 4 is 34.6 Å². The van der Waals surface area contributed by atoms with Crippen molar-refractivity contribution in [1.82, 2.24) is 15.5 Å². The number of ether oxygens (including phenoxy) is 1. The van der Waals surface area contributed by atoms with Gasteiger partial charge in [0, 0.05) is 30.6 Å². The largest absolute Gasteiger partial charge is 0.497 e. The Balaban J connectivity index is 2.45. The predicted molar refractivity (Wildman–Crippen MR) is 125 cm³/mol. The van der Waals surface area contributed by atoms with Gasteiger partial charge in [0.1, 0.15) is 12.3 Å². The van der Waals surface area contributed by atoms with E-state index in [0.29, 0.717) is 36.5 Å². The van der Waals surface area contributed by atoms with E-state index >= 15 is 0 Å². The van der Waals surface area contributed by atoms with Crippen molar-refractivity contribution in [2.45, 2.75) is 52.0 Å². The summed E-state index contributed by atoms with van der Waals surface area (Å²) in [5.41, 5.74) is 2.70. The normalized spacial score (nSPS) is 15.9. The Morgan fingerprint density at radius 3 is 2.77 bits per heavy atom. The van der Waals surface area contributed by atoms with Gasteiger partial charge < -0.3 is 20.3 Å². The molecular formula is C23H33N3O3S. The minimum Gasteiger partial charge on any atom is -0.497 e. The zero-order chi connectivity index (χ0) is 22.1. The molecule has 1 aromatic rings. The number of ketones is 1. The number of benzene rings is 1. The molecule has 0 bridgehead atoms. The van der Waals surface area contributed by atoms with Gasteiger partial charge in [0.05, 0.1) is 17.8 Å². The van der Waals surface area contributed by atoms with Crippen molar-refractivity contribution in [3.63, 3.8) is 0 Å². The summed E-state index contributed by atoms with van der Waals surface area (Å²) in [5.74, 6) is 0.706. The molecule has 0 aromatic heterocycles. The SMILES string of the molecule is CCCc1cc(OC)ccc1C1=CC(=O)CCCC(=S)N1CC(=O)NC(C)CNC. The highest BCUT2D eigenvalue weighted by Crippen LogP contribution is 2.30. The Morgan fingerprint density at radius 2 is 2.10 bits per heavy atom. The average molecular weight is 432 g/mol. The van der Waals surface area contributed by atoms with Gasteiger partial charge in [-0.15, -0.1) is 0 Å². The second kappa shape index (κ2) is 11.8. The zero-order valence-corrected chi connectivity index (χ0v) is 19.2. The van der Waals surface area contributed by atoms with Crippen LogP contribution in [0.25, 0.3) is 5.70 Å². The van der Waals surface area contributed by atoms with Gasteiger partial charge in [-0.3, -0.25) is 9.59 Å². The second-order valence-corrected chi connectivity index (χ2v) is 8.10. The summed E-state index contributed by atoms with van der Waals surface area (Å²) in [6.07, 6.45) is 5.20. The quantitative estimate of drug-likeness (QED) is 0.586. The van der Waals surface area contributed by atoms with Crippen molar-refractivity contribution in [1.29, 1.82) is 0 Å². The molecule has 1 aromatic carbocycles. The Bertz CT molecular complexity index is 807. The number of hydrogen-bond acceptors (Lipinski definition) is 5. The number of carbonyl (C=O) groups excluding carboxylic acids is 2. The van der Waals surface area contributed by atoms with Gasteiger partial charge in [0.2, 0.25) is 5.91 Å². The minimum atomic E-state index is -0.121. The fourth-order valence-corrected chi connectivity index (χ4v) is 3.93. The van der Waals surface area contributed by atoms with Crippen molar-refractivity contribution in [2.75, 3.05) is 27.2 Å². The molecule has 0 saturated carbocycles. The summed E-state index contributed by atoms with van der Waals surface area (Å²) in [7, 11) is 3.49. The molecule has 1 aliphatic rings. The highest BCUT2D eigenvalue weighted by atomic mass is 32.1. The highest BCUT2D eigenvalue weighted by Gasteiger charge is 2.25. The molecule has 0 aliphatic carbocycles. The van der Waals surface area contributed by atoms with Crippen LogP contribution < -0.4 is 15.4 Å². The topological polar surface area (TPSA) is 70.7 Å². The van der Waals surface area contributed by atoms with Crippen LogP contribution in [0.15, 0.2) is 24.3 Å². The van der Waals surface area contributed by atoms with Gasteiger partial charge in [-0.2, -0.15) is 0 Å². The molecule has 0 saturated heterocycles. The molecule has 1 unspecified atom stereocenters. The van der Waals surface area contributed by atoms with E-state index in [1.165, 1.54) is 0 Å². The van der Waals surface area contributed by atoms with Crippen LogP contribution >= 0.6 is 12.2 Å². The molecule has 164 valence electrons. The Labute approximate surface area is 185 Å². The first-order chi connectivity index (χ1) is 14.4. The third-order valence-corrected chi connectivity index (χ3v) is 5.46. The first kappa shape index (κ1) is 24.0. The molecule has 30 heavy (non-hydrogen) atoms. The summed E-state index contributed by atoms with van der Waals surface area (Å²) in [6.45, 7) is 4.82. The van der Waals surface area contributed by atoms with Crippen molar-refractivity contribution in [3.8, 4) is 5.75 Å². The standard InChI is InChI=1S/C23H33N3O3S/c1-5-7-17-12-19(29-4)10-11-20(17)21-13-18(27)8-6-9-23(30)26(21)15-22(28)25-16(2)14-24-3/h10-13,16,24H,5-9,14-15H2,1-4H3,(H,25,28). The molecule has 2 rings (SSSR count). The maximum absolute atomic E-state index is 12.7. The molecule has 1 heterocycles. The van der Waals surface area contributed by atoms with E-state index in [1.807, 2.05) is 37.1 Å². The molecule has 2 N–H and O–H groups in total. The number of nitrogens with zero attached hydrogens (tertiary/aromatic N) is 1. The van der Waals surface area contributed by atoms with Crippen LogP contribution in [0.5, 0.6) is 5.75 Å². The maximum atomic E-state index is 12.7. The smallest absolute Gasteiger partial charge is 0.240 e. The second-order valence-electron chi connectivity index (χ2n) is 7.63. The van der Waals surface area contributed by atoms with Crippen LogP contribution in [-0.4, -0.2) is 54.9 Å². The van der Waals surface area contributed by atoms with Gasteiger partial charge in [-0.25, -0.2) is 0 Å². The molecular weight excluding hydrogens is 398 g/mol. The number of amides is 1. The average Bonchev–Trinajstić information content (AvgIpc) is 2.70. The summed E-state index contributed by atoms with van der Waals surface area (Å²) in [4.78, 5) is 27.8. The van der Waals surface area contributed by atoms with Crippen molar-refractivity contribution in [2.24, 2.45) is 0 Å². The van der Waals surface area contributed by atoms with Gasteiger partial charge in [0.15, 0.2) is 5.78 Å². The number of aryl methyl sites for hydroxylation is 1. The van der Waals surface area contributed by atoms with E-state index in [1.54, 1.807) is 13.2 Å². The molecule has 0 radical (unpaired) electrons. The van der Waals surface area contributed by atoms with E-state index in [-0.39, 0.29) is 24.3 Å². The first-order valence-corrected chi connectivity index (χ1v) is 11.0. The van der Waals surface area contributed by atoms with E-state index in [9.17, 15) is 9.59 Å². The molecule has 6 nitrogen and oxygen atoms in total. The van der Waals surface area contributed by atoms with Gasteiger partial charge in [0.25, 0.3) is 0 Å². The molecule has 1 aliphatic heterocycles. The Morgan fingerprint density at radius 1 is 1.33 bits per heavy atom. The van der Waals surface area contributed by atoms with Crippen LogP contribution in [0.2, 0.25) is 0 Å². The van der Waals surface area contributed by atoms with Gasteiger partial charge in [-0.05, 0) is 57.0 Å². The molecule has 7 heteroatoms. The number of thiocarbonyl (C=S) groups is 1. The van der Waals surface area contributed by atoms with Crippen molar-refractivity contribution in [3.05, 3.63) is 35.4 Å². The number of rotatable bonds is 9. The van der Waals surface area contributed by atoms with Gasteiger partial charge in [-0.1, -0.05) is 25.6 Å². The lowest BCUT2D eigenvalue weighted by Crippen LogP contribution is -2.45. The van der Waals surface area contributed by atoms with Crippen LogP contribution in [0, 0.1) is 0 Å². The molecule has 0 fully saturated rings. The zero-order valence-electron chi connectivity index (χ0n) is 18.4. The predicted octanol–water partition coefficient (Wildman–Crippen LogP) is 3.10. The number of nitrogens with one attached hydrogen (secondary N) is 2. The maximum Gasteiger partial charge on any atom is 0.240 e. The monoisotopic (exact) mass is 431 g/mol. The lowest BCUT2D eigenvalue weighted by molar-refractivity contribution is -0.121. The molecule has 1 atom stereocenters. The van der Waals surface area contributed by atoms with Crippen LogP contribution in [0.1, 0.15) is 50.7 Å². The van der Waals surface area contributed by atoms with E-state index in [0.717, 1.165) is 29.7 Å². The number of hydrogen-bond donors (Lipinski definition) is 2. The minimum absolute atomic E-state index is 0.00322. The van der Waals surface area contributed by atoms with Crippen LogP contribution in [0.4, 0.5) is 0 Å².